The number of aryl methyl sites for hydroxylation is 1. The molecule has 0 amide bonds. The van der Waals surface area contributed by atoms with Crippen molar-refractivity contribution in [1.29, 1.82) is 0 Å². The number of hydrogen-bond acceptors (Lipinski definition) is 3. The Morgan fingerprint density at radius 1 is 1.53 bits per heavy atom. The van der Waals surface area contributed by atoms with Gasteiger partial charge < -0.3 is 4.74 Å². The topological polar surface area (TPSA) is 44.1 Å². The van der Waals surface area contributed by atoms with Gasteiger partial charge in [0, 0.05) is 13.0 Å². The summed E-state index contributed by atoms with van der Waals surface area (Å²) < 4.78 is 6.95. The third-order valence-corrected chi connectivity index (χ3v) is 2.67. The highest BCUT2D eigenvalue weighted by Crippen LogP contribution is 2.21. The van der Waals surface area contributed by atoms with Crippen molar-refractivity contribution in [2.75, 3.05) is 7.11 Å². The number of rotatable bonds is 7. The predicted octanol–water partition coefficient (Wildman–Crippen LogP) is 2.92. The van der Waals surface area contributed by atoms with Gasteiger partial charge in [0.1, 0.15) is 5.69 Å². The van der Waals surface area contributed by atoms with Crippen molar-refractivity contribution in [2.24, 2.45) is 5.92 Å². The van der Waals surface area contributed by atoms with Crippen LogP contribution >= 0.6 is 0 Å². The maximum absolute atomic E-state index is 12.1. The first kappa shape index (κ1) is 13.7. The van der Waals surface area contributed by atoms with E-state index in [9.17, 15) is 4.79 Å². The number of hydrogen-bond donors (Lipinski definition) is 0. The van der Waals surface area contributed by atoms with Crippen molar-refractivity contribution in [2.45, 2.75) is 46.6 Å². The molecule has 0 saturated carbocycles. The van der Waals surface area contributed by atoms with E-state index in [0.29, 0.717) is 23.8 Å². The standard InChI is InChI=1S/C13H22N2O2/c1-5-8-15-13(12(17-4)9-14-15)11(16)7-6-10(2)3/h9-10H,5-8H2,1-4H3. The number of ketones is 1. The van der Waals surface area contributed by atoms with Crippen LogP contribution in [0.5, 0.6) is 5.75 Å². The molecule has 17 heavy (non-hydrogen) atoms. The minimum atomic E-state index is 0.126. The SMILES string of the molecule is CCCn1ncc(OC)c1C(=O)CCC(C)C. The van der Waals surface area contributed by atoms with Crippen molar-refractivity contribution >= 4 is 5.78 Å². The molecule has 0 atom stereocenters. The van der Waals surface area contributed by atoms with E-state index in [0.717, 1.165) is 19.4 Å². The Hall–Kier alpha value is -1.32. The van der Waals surface area contributed by atoms with Gasteiger partial charge in [-0.05, 0) is 18.8 Å². The minimum Gasteiger partial charge on any atom is -0.493 e. The van der Waals surface area contributed by atoms with Crippen molar-refractivity contribution in [1.82, 2.24) is 9.78 Å². The third kappa shape index (κ3) is 3.58. The second-order valence-electron chi connectivity index (χ2n) is 4.64. The van der Waals surface area contributed by atoms with Crippen LogP contribution in [0.2, 0.25) is 0 Å². The van der Waals surface area contributed by atoms with Gasteiger partial charge in [0.15, 0.2) is 11.5 Å². The van der Waals surface area contributed by atoms with E-state index < -0.39 is 0 Å². The lowest BCUT2D eigenvalue weighted by Gasteiger charge is -2.08. The van der Waals surface area contributed by atoms with Crippen LogP contribution in [0.4, 0.5) is 0 Å². The van der Waals surface area contributed by atoms with Gasteiger partial charge in [-0.1, -0.05) is 20.8 Å². The Morgan fingerprint density at radius 2 is 2.24 bits per heavy atom. The monoisotopic (exact) mass is 238 g/mol. The zero-order valence-corrected chi connectivity index (χ0v) is 11.2. The number of carbonyl (C=O) groups excluding carboxylic acids is 1. The number of ether oxygens (including phenoxy) is 1. The number of nitrogens with zero attached hydrogens (tertiary/aromatic N) is 2. The summed E-state index contributed by atoms with van der Waals surface area (Å²) in [4.78, 5) is 12.1. The average molecular weight is 238 g/mol. The van der Waals surface area contributed by atoms with Crippen LogP contribution in [0, 0.1) is 5.92 Å². The average Bonchev–Trinajstić information content (AvgIpc) is 2.69. The second kappa shape index (κ2) is 6.42. The fourth-order valence-electron chi connectivity index (χ4n) is 1.72. The van der Waals surface area contributed by atoms with E-state index in [-0.39, 0.29) is 5.78 Å². The number of methoxy groups -OCH3 is 1. The van der Waals surface area contributed by atoms with Crippen LogP contribution in [0.3, 0.4) is 0 Å². The van der Waals surface area contributed by atoms with Crippen LogP contribution in [-0.2, 0) is 6.54 Å². The summed E-state index contributed by atoms with van der Waals surface area (Å²) in [5.74, 6) is 1.25. The summed E-state index contributed by atoms with van der Waals surface area (Å²) in [6, 6.07) is 0. The summed E-state index contributed by atoms with van der Waals surface area (Å²) >= 11 is 0. The first-order chi connectivity index (χ1) is 8.10. The molecule has 0 unspecified atom stereocenters. The molecule has 0 aliphatic rings. The Labute approximate surface area is 103 Å². The first-order valence-corrected chi connectivity index (χ1v) is 6.23. The predicted molar refractivity (Wildman–Crippen MR) is 67.5 cm³/mol. The molecule has 1 rings (SSSR count). The number of carbonyl (C=O) groups is 1. The smallest absolute Gasteiger partial charge is 0.184 e. The zero-order chi connectivity index (χ0) is 12.8. The van der Waals surface area contributed by atoms with E-state index in [1.807, 2.05) is 0 Å². The summed E-state index contributed by atoms with van der Waals surface area (Å²) in [6.07, 6.45) is 4.04. The lowest BCUT2D eigenvalue weighted by molar-refractivity contribution is 0.0961. The lowest BCUT2D eigenvalue weighted by Crippen LogP contribution is -2.12. The van der Waals surface area contributed by atoms with Crippen LogP contribution in [0.15, 0.2) is 6.20 Å². The van der Waals surface area contributed by atoms with E-state index in [2.05, 4.69) is 25.9 Å². The van der Waals surface area contributed by atoms with Crippen molar-refractivity contribution in [3.05, 3.63) is 11.9 Å². The molecule has 4 nitrogen and oxygen atoms in total. The molecule has 0 N–H and O–H groups in total. The molecule has 4 heteroatoms. The minimum absolute atomic E-state index is 0.126. The van der Waals surface area contributed by atoms with Crippen molar-refractivity contribution < 1.29 is 9.53 Å². The molecule has 0 aromatic carbocycles. The molecule has 0 spiro atoms. The molecule has 0 bridgehead atoms. The van der Waals surface area contributed by atoms with Crippen LogP contribution in [0.1, 0.15) is 50.5 Å². The highest BCUT2D eigenvalue weighted by atomic mass is 16.5. The van der Waals surface area contributed by atoms with Crippen molar-refractivity contribution in [3.8, 4) is 5.75 Å². The van der Waals surface area contributed by atoms with Crippen LogP contribution in [0.25, 0.3) is 0 Å². The van der Waals surface area contributed by atoms with Gasteiger partial charge in [0.05, 0.1) is 13.3 Å². The number of aromatic nitrogens is 2. The summed E-state index contributed by atoms with van der Waals surface area (Å²) in [6.45, 7) is 7.06. The van der Waals surface area contributed by atoms with Crippen LogP contribution < -0.4 is 4.74 Å². The Balaban J connectivity index is 2.85. The molecule has 1 heterocycles. The highest BCUT2D eigenvalue weighted by Gasteiger charge is 2.18. The van der Waals surface area contributed by atoms with Gasteiger partial charge in [-0.2, -0.15) is 5.10 Å². The van der Waals surface area contributed by atoms with Gasteiger partial charge in [-0.15, -0.1) is 0 Å². The third-order valence-electron chi connectivity index (χ3n) is 2.67. The van der Waals surface area contributed by atoms with E-state index in [1.165, 1.54) is 0 Å². The Morgan fingerprint density at radius 3 is 2.76 bits per heavy atom. The van der Waals surface area contributed by atoms with E-state index >= 15 is 0 Å². The molecule has 0 aliphatic heterocycles. The molecular formula is C13H22N2O2. The summed E-state index contributed by atoms with van der Waals surface area (Å²) in [5.41, 5.74) is 0.620. The molecule has 0 fully saturated rings. The molecule has 1 aromatic heterocycles. The fraction of sp³-hybridized carbons (Fsp3) is 0.692. The molecular weight excluding hydrogens is 216 g/mol. The molecule has 96 valence electrons. The van der Waals surface area contributed by atoms with E-state index in [4.69, 9.17) is 4.74 Å². The van der Waals surface area contributed by atoms with Gasteiger partial charge in [0.25, 0.3) is 0 Å². The Kier molecular flexibility index (Phi) is 5.19. The normalized spacial score (nSPS) is 10.9. The van der Waals surface area contributed by atoms with Gasteiger partial charge in [-0.3, -0.25) is 9.48 Å². The first-order valence-electron chi connectivity index (χ1n) is 6.23. The largest absolute Gasteiger partial charge is 0.493 e. The van der Waals surface area contributed by atoms with Crippen molar-refractivity contribution in [3.63, 3.8) is 0 Å². The lowest BCUT2D eigenvalue weighted by atomic mass is 10.0. The van der Waals surface area contributed by atoms with Gasteiger partial charge >= 0.3 is 0 Å². The van der Waals surface area contributed by atoms with Gasteiger partial charge in [-0.25, -0.2) is 0 Å². The summed E-state index contributed by atoms with van der Waals surface area (Å²) in [7, 11) is 1.58. The van der Waals surface area contributed by atoms with E-state index in [1.54, 1.807) is 18.0 Å². The maximum atomic E-state index is 12.1. The zero-order valence-electron chi connectivity index (χ0n) is 11.2. The maximum Gasteiger partial charge on any atom is 0.184 e. The molecule has 0 saturated heterocycles. The number of Topliss-reactive ketones (excluding diaryl/α,β-unsaturated/α-hetero) is 1. The quantitative estimate of drug-likeness (QED) is 0.686. The highest BCUT2D eigenvalue weighted by molar-refractivity contribution is 5.97. The molecule has 1 aromatic rings. The molecule has 0 aliphatic carbocycles. The van der Waals surface area contributed by atoms with Crippen LogP contribution in [-0.4, -0.2) is 22.7 Å². The second-order valence-corrected chi connectivity index (χ2v) is 4.64. The Bertz CT molecular complexity index is 369. The van der Waals surface area contributed by atoms with Gasteiger partial charge in [0.2, 0.25) is 0 Å². The fourth-order valence-corrected chi connectivity index (χ4v) is 1.72. The molecule has 0 radical (unpaired) electrons. The summed E-state index contributed by atoms with van der Waals surface area (Å²) in [5, 5.41) is 4.20.